The van der Waals surface area contributed by atoms with Gasteiger partial charge in [-0.25, -0.2) is 8.42 Å². The number of rotatable bonds is 1. The molecule has 0 amide bonds. The van der Waals surface area contributed by atoms with Gasteiger partial charge in [-0.15, -0.1) is 0 Å². The van der Waals surface area contributed by atoms with Crippen LogP contribution in [0.25, 0.3) is 0 Å². The summed E-state index contributed by atoms with van der Waals surface area (Å²) in [4.78, 5) is 1.81. The predicted octanol–water partition coefficient (Wildman–Crippen LogP) is 1.85. The van der Waals surface area contributed by atoms with Gasteiger partial charge in [-0.2, -0.15) is 0 Å². The lowest BCUT2D eigenvalue weighted by Gasteiger charge is -2.23. The standard InChI is InChI=1S/C11H10Cl2N2O2S2/c12-7-2-1-6(3-8(7)13)15-10-5-19(16,17)4-9(10)14-11(15)18/h1-3,9-10H,4-5H2,(H,14,18)/t9-,10-/m1/s1. The quantitative estimate of drug-likeness (QED) is 0.793. The molecule has 2 aliphatic heterocycles. The van der Waals surface area contributed by atoms with Crippen molar-refractivity contribution in [3.63, 3.8) is 0 Å². The number of nitrogens with one attached hydrogen (secondary N) is 1. The number of fused-ring (bicyclic) bond motifs is 1. The van der Waals surface area contributed by atoms with Gasteiger partial charge in [-0.3, -0.25) is 0 Å². The van der Waals surface area contributed by atoms with Gasteiger partial charge < -0.3 is 10.2 Å². The highest BCUT2D eigenvalue weighted by molar-refractivity contribution is 7.91. The molecular formula is C11H10Cl2N2O2S2. The third-order valence-electron chi connectivity index (χ3n) is 3.36. The summed E-state index contributed by atoms with van der Waals surface area (Å²) in [5.74, 6) is 0.223. The van der Waals surface area contributed by atoms with Crippen molar-refractivity contribution in [3.05, 3.63) is 28.2 Å². The first-order valence-electron chi connectivity index (χ1n) is 5.62. The average molecular weight is 337 g/mol. The molecule has 2 atom stereocenters. The van der Waals surface area contributed by atoms with Gasteiger partial charge >= 0.3 is 0 Å². The SMILES string of the molecule is O=S1(=O)C[C@@H]2[C@@H](C1)NC(=S)N2c1ccc(Cl)c(Cl)c1. The van der Waals surface area contributed by atoms with Crippen LogP contribution in [0, 0.1) is 0 Å². The minimum atomic E-state index is -3.01. The Labute approximate surface area is 126 Å². The molecule has 0 spiro atoms. The topological polar surface area (TPSA) is 49.4 Å². The molecule has 19 heavy (non-hydrogen) atoms. The summed E-state index contributed by atoms with van der Waals surface area (Å²) in [6.07, 6.45) is 0. The molecule has 3 rings (SSSR count). The van der Waals surface area contributed by atoms with Crippen LogP contribution >= 0.6 is 35.4 Å². The Hall–Kier alpha value is -0.560. The molecule has 2 saturated heterocycles. The fourth-order valence-electron chi connectivity index (χ4n) is 2.54. The lowest BCUT2D eigenvalue weighted by Crippen LogP contribution is -2.36. The van der Waals surface area contributed by atoms with Crippen molar-refractivity contribution in [1.82, 2.24) is 5.32 Å². The van der Waals surface area contributed by atoms with Crippen molar-refractivity contribution in [2.45, 2.75) is 12.1 Å². The molecule has 8 heteroatoms. The average Bonchev–Trinajstić information content (AvgIpc) is 2.73. The van der Waals surface area contributed by atoms with E-state index in [1.54, 1.807) is 18.2 Å². The zero-order valence-corrected chi connectivity index (χ0v) is 12.8. The van der Waals surface area contributed by atoms with Gasteiger partial charge in [0.05, 0.1) is 33.6 Å². The first-order chi connectivity index (χ1) is 8.87. The summed E-state index contributed by atoms with van der Waals surface area (Å²) < 4.78 is 23.4. The van der Waals surface area contributed by atoms with Crippen molar-refractivity contribution in [3.8, 4) is 0 Å². The minimum Gasteiger partial charge on any atom is -0.356 e. The van der Waals surface area contributed by atoms with Gasteiger partial charge in [0.25, 0.3) is 0 Å². The molecule has 4 nitrogen and oxygen atoms in total. The Morgan fingerprint density at radius 1 is 1.26 bits per heavy atom. The highest BCUT2D eigenvalue weighted by Gasteiger charge is 2.47. The van der Waals surface area contributed by atoms with Crippen LogP contribution in [-0.2, 0) is 9.84 Å². The number of anilines is 1. The Kier molecular flexibility index (Phi) is 3.16. The second-order valence-electron chi connectivity index (χ2n) is 4.67. The largest absolute Gasteiger partial charge is 0.356 e. The maximum Gasteiger partial charge on any atom is 0.174 e. The monoisotopic (exact) mass is 336 g/mol. The van der Waals surface area contributed by atoms with Gasteiger partial charge in [0, 0.05) is 5.69 Å². The van der Waals surface area contributed by atoms with Crippen molar-refractivity contribution in [1.29, 1.82) is 0 Å². The number of hydrogen-bond acceptors (Lipinski definition) is 3. The van der Waals surface area contributed by atoms with Crippen LogP contribution in [0.2, 0.25) is 10.0 Å². The fourth-order valence-corrected chi connectivity index (χ4v) is 5.12. The molecule has 1 aromatic rings. The van der Waals surface area contributed by atoms with E-state index in [2.05, 4.69) is 5.32 Å². The third-order valence-corrected chi connectivity index (χ3v) is 6.13. The van der Waals surface area contributed by atoms with Gasteiger partial charge in [0.15, 0.2) is 14.9 Å². The molecular weight excluding hydrogens is 327 g/mol. The molecule has 2 heterocycles. The van der Waals surface area contributed by atoms with E-state index in [1.165, 1.54) is 0 Å². The second kappa shape index (κ2) is 4.48. The molecule has 0 aromatic heterocycles. The van der Waals surface area contributed by atoms with Gasteiger partial charge in [0.1, 0.15) is 0 Å². The van der Waals surface area contributed by atoms with Gasteiger partial charge in [-0.1, -0.05) is 23.2 Å². The van der Waals surface area contributed by atoms with Crippen molar-refractivity contribution >= 4 is 56.1 Å². The summed E-state index contributed by atoms with van der Waals surface area (Å²) in [5, 5.41) is 4.47. The molecule has 1 aromatic carbocycles. The van der Waals surface area contributed by atoms with E-state index in [4.69, 9.17) is 35.4 Å². The highest BCUT2D eigenvalue weighted by Crippen LogP contribution is 2.33. The van der Waals surface area contributed by atoms with Crippen LogP contribution < -0.4 is 10.2 Å². The predicted molar refractivity (Wildman–Crippen MR) is 80.9 cm³/mol. The number of sulfone groups is 1. The molecule has 0 bridgehead atoms. The smallest absolute Gasteiger partial charge is 0.174 e. The maximum atomic E-state index is 11.7. The lowest BCUT2D eigenvalue weighted by molar-refractivity contribution is 0.600. The Bertz CT molecular complexity index is 663. The van der Waals surface area contributed by atoms with Gasteiger partial charge in [-0.05, 0) is 30.4 Å². The van der Waals surface area contributed by atoms with Crippen LogP contribution in [0.15, 0.2) is 18.2 Å². The highest BCUT2D eigenvalue weighted by atomic mass is 35.5. The van der Waals surface area contributed by atoms with Gasteiger partial charge in [0.2, 0.25) is 0 Å². The van der Waals surface area contributed by atoms with Crippen molar-refractivity contribution in [2.24, 2.45) is 0 Å². The summed E-state index contributed by atoms with van der Waals surface area (Å²) in [5.41, 5.74) is 0.761. The molecule has 2 fully saturated rings. The molecule has 0 unspecified atom stereocenters. The van der Waals surface area contributed by atoms with E-state index in [1.807, 2.05) is 4.90 Å². The lowest BCUT2D eigenvalue weighted by atomic mass is 10.1. The third kappa shape index (κ3) is 2.31. The first kappa shape index (κ1) is 13.4. The molecule has 1 N–H and O–H groups in total. The molecule has 0 saturated carbocycles. The summed E-state index contributed by atoms with van der Waals surface area (Å²) in [7, 11) is -3.01. The van der Waals surface area contributed by atoms with E-state index in [9.17, 15) is 8.42 Å². The molecule has 0 radical (unpaired) electrons. The summed E-state index contributed by atoms with van der Waals surface area (Å²) in [6.45, 7) is 0. The van der Waals surface area contributed by atoms with Crippen LogP contribution in [0.5, 0.6) is 0 Å². The van der Waals surface area contributed by atoms with E-state index in [0.29, 0.717) is 15.2 Å². The minimum absolute atomic E-state index is 0.102. The Balaban J connectivity index is 1.99. The van der Waals surface area contributed by atoms with Crippen LogP contribution in [-0.4, -0.2) is 37.1 Å². The number of thiocarbonyl (C=S) groups is 1. The molecule has 2 aliphatic rings. The second-order valence-corrected chi connectivity index (χ2v) is 8.02. The van der Waals surface area contributed by atoms with Crippen LogP contribution in [0.4, 0.5) is 5.69 Å². The van der Waals surface area contributed by atoms with E-state index in [0.717, 1.165) is 5.69 Å². The zero-order valence-electron chi connectivity index (χ0n) is 9.64. The van der Waals surface area contributed by atoms with Crippen molar-refractivity contribution < 1.29 is 8.42 Å². The number of hydrogen-bond donors (Lipinski definition) is 1. The molecule has 0 aliphatic carbocycles. The van der Waals surface area contributed by atoms with Crippen LogP contribution in [0.3, 0.4) is 0 Å². The number of halogens is 2. The zero-order chi connectivity index (χ0) is 13.8. The first-order valence-corrected chi connectivity index (χ1v) is 8.61. The fraction of sp³-hybridized carbons (Fsp3) is 0.364. The number of benzene rings is 1. The van der Waals surface area contributed by atoms with E-state index >= 15 is 0 Å². The molecule has 102 valence electrons. The normalized spacial score (nSPS) is 28.3. The maximum absolute atomic E-state index is 11.7. The van der Waals surface area contributed by atoms with E-state index < -0.39 is 9.84 Å². The summed E-state index contributed by atoms with van der Waals surface area (Å²) in [6, 6.07) is 4.85. The van der Waals surface area contributed by atoms with E-state index in [-0.39, 0.29) is 23.6 Å². The Morgan fingerprint density at radius 2 is 2.00 bits per heavy atom. The van der Waals surface area contributed by atoms with Crippen LogP contribution in [0.1, 0.15) is 0 Å². The summed E-state index contributed by atoms with van der Waals surface area (Å²) >= 11 is 17.2. The number of nitrogens with zero attached hydrogens (tertiary/aromatic N) is 1. The Morgan fingerprint density at radius 3 is 2.68 bits per heavy atom. The van der Waals surface area contributed by atoms with Crippen molar-refractivity contribution in [2.75, 3.05) is 16.4 Å².